The van der Waals surface area contributed by atoms with Gasteiger partial charge in [-0.2, -0.15) is 5.10 Å². The zero-order valence-corrected chi connectivity index (χ0v) is 12.8. The van der Waals surface area contributed by atoms with E-state index in [9.17, 15) is 0 Å². The minimum Gasteiger partial charge on any atom is -0.493 e. The lowest BCUT2D eigenvalue weighted by Crippen LogP contribution is -2.16. The van der Waals surface area contributed by atoms with Crippen LogP contribution in [0.5, 0.6) is 5.75 Å². The van der Waals surface area contributed by atoms with E-state index < -0.39 is 0 Å². The fraction of sp³-hybridized carbons (Fsp3) is 0.471. The first kappa shape index (κ1) is 14.1. The lowest BCUT2D eigenvalue weighted by atomic mass is 10.0. The van der Waals surface area contributed by atoms with Crippen LogP contribution in [-0.4, -0.2) is 16.4 Å². The van der Waals surface area contributed by atoms with Gasteiger partial charge in [0.1, 0.15) is 5.75 Å². The van der Waals surface area contributed by atoms with Gasteiger partial charge in [0.05, 0.1) is 18.0 Å². The summed E-state index contributed by atoms with van der Waals surface area (Å²) < 4.78 is 7.56. The van der Waals surface area contributed by atoms with Crippen molar-refractivity contribution in [1.29, 1.82) is 0 Å². The Kier molecular flexibility index (Phi) is 3.97. The van der Waals surface area contributed by atoms with Crippen molar-refractivity contribution in [2.45, 2.75) is 45.7 Å². The molecule has 4 nitrogen and oxygen atoms in total. The summed E-state index contributed by atoms with van der Waals surface area (Å²) in [6.07, 6.45) is 2.95. The Bertz CT molecular complexity index is 633. The Labute approximate surface area is 125 Å². The lowest BCUT2D eigenvalue weighted by molar-refractivity contribution is 0.357. The predicted molar refractivity (Wildman–Crippen MR) is 83.5 cm³/mol. The molecule has 0 radical (unpaired) electrons. The van der Waals surface area contributed by atoms with Crippen molar-refractivity contribution in [3.05, 3.63) is 46.8 Å². The first-order valence-corrected chi connectivity index (χ1v) is 7.72. The van der Waals surface area contributed by atoms with E-state index in [0.717, 1.165) is 49.6 Å². The summed E-state index contributed by atoms with van der Waals surface area (Å²) in [6.45, 7) is 5.80. The number of benzene rings is 1. The minimum absolute atomic E-state index is 0.0376. The normalized spacial score (nSPS) is 14.8. The average Bonchev–Trinajstić information content (AvgIpc) is 3.09. The fourth-order valence-electron chi connectivity index (χ4n) is 2.98. The molecule has 0 aliphatic carbocycles. The highest BCUT2D eigenvalue weighted by molar-refractivity contribution is 5.39. The molecule has 0 amide bonds. The van der Waals surface area contributed by atoms with Crippen molar-refractivity contribution < 1.29 is 4.74 Å². The molecule has 1 aromatic heterocycles. The van der Waals surface area contributed by atoms with Gasteiger partial charge in [-0.3, -0.25) is 4.68 Å². The standard InChI is InChI=1S/C17H23N3O/c1-3-20-16(10-12(2)19-20)15(18)6-4-13-5-7-17-14(11-13)8-9-21-17/h5,7,10-11,15H,3-4,6,8-9,18H2,1-2H3. The molecule has 4 heteroatoms. The molecule has 0 saturated carbocycles. The molecule has 2 N–H and O–H groups in total. The molecule has 1 aliphatic rings. The zero-order valence-electron chi connectivity index (χ0n) is 12.8. The second kappa shape index (κ2) is 5.90. The Morgan fingerprint density at radius 1 is 1.38 bits per heavy atom. The number of fused-ring (bicyclic) bond motifs is 1. The number of nitrogens with zero attached hydrogens (tertiary/aromatic N) is 2. The summed E-state index contributed by atoms with van der Waals surface area (Å²) in [5.41, 5.74) is 11.2. The molecule has 0 fully saturated rings. The molecule has 0 saturated heterocycles. The van der Waals surface area contributed by atoms with Crippen LogP contribution in [0, 0.1) is 6.92 Å². The molecule has 21 heavy (non-hydrogen) atoms. The van der Waals surface area contributed by atoms with Crippen molar-refractivity contribution >= 4 is 0 Å². The third kappa shape index (κ3) is 2.95. The van der Waals surface area contributed by atoms with Gasteiger partial charge in [-0.15, -0.1) is 0 Å². The summed E-state index contributed by atoms with van der Waals surface area (Å²) in [4.78, 5) is 0. The molecule has 112 valence electrons. The molecule has 3 rings (SSSR count). The summed E-state index contributed by atoms with van der Waals surface area (Å²) >= 11 is 0. The molecule has 1 aromatic carbocycles. The average molecular weight is 285 g/mol. The highest BCUT2D eigenvalue weighted by Gasteiger charge is 2.15. The third-order valence-electron chi connectivity index (χ3n) is 4.11. The van der Waals surface area contributed by atoms with Crippen LogP contribution in [0.1, 0.15) is 41.9 Å². The molecular weight excluding hydrogens is 262 g/mol. The Morgan fingerprint density at radius 2 is 2.24 bits per heavy atom. The molecule has 1 unspecified atom stereocenters. The van der Waals surface area contributed by atoms with Crippen LogP contribution in [-0.2, 0) is 19.4 Å². The highest BCUT2D eigenvalue weighted by Crippen LogP contribution is 2.27. The molecular formula is C17H23N3O. The maximum atomic E-state index is 6.36. The van der Waals surface area contributed by atoms with Gasteiger partial charge in [-0.1, -0.05) is 12.1 Å². The van der Waals surface area contributed by atoms with Gasteiger partial charge in [-0.25, -0.2) is 0 Å². The van der Waals surface area contributed by atoms with Gasteiger partial charge in [0.2, 0.25) is 0 Å². The number of ether oxygens (including phenoxy) is 1. The molecule has 0 bridgehead atoms. The first-order chi connectivity index (χ1) is 10.2. The van der Waals surface area contributed by atoms with Crippen LogP contribution < -0.4 is 10.5 Å². The minimum atomic E-state index is 0.0376. The number of aromatic nitrogens is 2. The topological polar surface area (TPSA) is 53.1 Å². The summed E-state index contributed by atoms with van der Waals surface area (Å²) in [5.74, 6) is 1.04. The number of rotatable bonds is 5. The van der Waals surface area contributed by atoms with Crippen LogP contribution in [0.2, 0.25) is 0 Å². The maximum absolute atomic E-state index is 6.36. The number of hydrogen-bond acceptors (Lipinski definition) is 3. The van der Waals surface area contributed by atoms with Crippen molar-refractivity contribution in [1.82, 2.24) is 9.78 Å². The quantitative estimate of drug-likeness (QED) is 0.919. The number of nitrogens with two attached hydrogens (primary N) is 1. The summed E-state index contributed by atoms with van der Waals surface area (Å²) in [6, 6.07) is 8.64. The summed E-state index contributed by atoms with van der Waals surface area (Å²) in [7, 11) is 0. The van der Waals surface area contributed by atoms with E-state index in [1.54, 1.807) is 0 Å². The van der Waals surface area contributed by atoms with Crippen molar-refractivity contribution in [2.75, 3.05) is 6.61 Å². The van der Waals surface area contributed by atoms with Gasteiger partial charge in [0.15, 0.2) is 0 Å². The lowest BCUT2D eigenvalue weighted by Gasteiger charge is -2.13. The van der Waals surface area contributed by atoms with E-state index in [0.29, 0.717) is 0 Å². The predicted octanol–water partition coefficient (Wildman–Crippen LogP) is 2.78. The SMILES string of the molecule is CCn1nc(C)cc1C(N)CCc1ccc2c(c1)CCO2. The Morgan fingerprint density at radius 3 is 3.05 bits per heavy atom. The fourth-order valence-corrected chi connectivity index (χ4v) is 2.98. The van der Waals surface area contributed by atoms with E-state index in [2.05, 4.69) is 36.3 Å². The molecule has 2 aromatic rings. The molecule has 2 heterocycles. The van der Waals surface area contributed by atoms with E-state index in [4.69, 9.17) is 10.5 Å². The Hall–Kier alpha value is -1.81. The number of aryl methyl sites for hydroxylation is 3. The highest BCUT2D eigenvalue weighted by atomic mass is 16.5. The maximum Gasteiger partial charge on any atom is 0.122 e. The molecule has 0 spiro atoms. The first-order valence-electron chi connectivity index (χ1n) is 7.72. The van der Waals surface area contributed by atoms with E-state index in [1.165, 1.54) is 11.1 Å². The van der Waals surface area contributed by atoms with Gasteiger partial charge in [0.25, 0.3) is 0 Å². The van der Waals surface area contributed by atoms with Crippen LogP contribution in [0.3, 0.4) is 0 Å². The second-order valence-corrected chi connectivity index (χ2v) is 5.71. The number of hydrogen-bond donors (Lipinski definition) is 1. The van der Waals surface area contributed by atoms with Crippen LogP contribution in [0.25, 0.3) is 0 Å². The summed E-state index contributed by atoms with van der Waals surface area (Å²) in [5, 5.41) is 4.47. The van der Waals surface area contributed by atoms with Crippen LogP contribution in [0.4, 0.5) is 0 Å². The molecule has 1 aliphatic heterocycles. The van der Waals surface area contributed by atoms with E-state index in [1.807, 2.05) is 11.6 Å². The monoisotopic (exact) mass is 285 g/mol. The molecule has 1 atom stereocenters. The largest absolute Gasteiger partial charge is 0.493 e. The van der Waals surface area contributed by atoms with Crippen molar-refractivity contribution in [3.8, 4) is 5.75 Å². The Balaban J connectivity index is 1.66. The zero-order chi connectivity index (χ0) is 14.8. The van der Waals surface area contributed by atoms with Crippen LogP contribution in [0.15, 0.2) is 24.3 Å². The van der Waals surface area contributed by atoms with Gasteiger partial charge in [-0.05, 0) is 49.9 Å². The smallest absolute Gasteiger partial charge is 0.122 e. The van der Waals surface area contributed by atoms with Crippen molar-refractivity contribution in [2.24, 2.45) is 5.73 Å². The van der Waals surface area contributed by atoms with Gasteiger partial charge >= 0.3 is 0 Å². The van der Waals surface area contributed by atoms with E-state index in [-0.39, 0.29) is 6.04 Å². The van der Waals surface area contributed by atoms with Crippen LogP contribution >= 0.6 is 0 Å². The van der Waals surface area contributed by atoms with Gasteiger partial charge < -0.3 is 10.5 Å². The van der Waals surface area contributed by atoms with E-state index >= 15 is 0 Å². The third-order valence-corrected chi connectivity index (χ3v) is 4.11. The van der Waals surface area contributed by atoms with Crippen molar-refractivity contribution in [3.63, 3.8) is 0 Å². The van der Waals surface area contributed by atoms with Gasteiger partial charge in [0, 0.05) is 19.0 Å². The second-order valence-electron chi connectivity index (χ2n) is 5.71.